The fraction of sp³-hybridized carbons (Fsp3) is 0.0952. The van der Waals surface area contributed by atoms with Crippen LogP contribution in [0.25, 0.3) is 0 Å². The summed E-state index contributed by atoms with van der Waals surface area (Å²) in [5.74, 6) is -1.96. The van der Waals surface area contributed by atoms with Gasteiger partial charge in [0.15, 0.2) is 0 Å². The molecule has 0 spiro atoms. The lowest BCUT2D eigenvalue weighted by molar-refractivity contribution is -0.138. The predicted molar refractivity (Wildman–Crippen MR) is 103 cm³/mol. The van der Waals surface area contributed by atoms with E-state index in [2.05, 4.69) is 0 Å². The molecular formula is C21H18O5S. The molecule has 0 aromatic heterocycles. The van der Waals surface area contributed by atoms with Gasteiger partial charge in [0.2, 0.25) is 0 Å². The van der Waals surface area contributed by atoms with E-state index in [4.69, 9.17) is 0 Å². The Hall–Kier alpha value is -3.12. The maximum Gasteiger partial charge on any atom is 0.311 e. The molecule has 138 valence electrons. The van der Waals surface area contributed by atoms with Gasteiger partial charge in [-0.1, -0.05) is 48.2 Å². The molecule has 0 saturated carbocycles. The van der Waals surface area contributed by atoms with Crippen molar-refractivity contribution < 1.29 is 25.2 Å². The SMILES string of the molecule is O=C(O)C(Cc1ccccc1)c1ccc(Sc2ccc(O)cc2O)c(O)c1. The summed E-state index contributed by atoms with van der Waals surface area (Å²) in [5.41, 5.74) is 1.40. The molecule has 0 aliphatic carbocycles. The number of aromatic hydroxyl groups is 3. The number of hydrogen-bond acceptors (Lipinski definition) is 5. The zero-order valence-corrected chi connectivity index (χ0v) is 15.1. The first-order valence-electron chi connectivity index (χ1n) is 8.23. The first-order valence-corrected chi connectivity index (χ1v) is 9.05. The van der Waals surface area contributed by atoms with Crippen molar-refractivity contribution in [3.05, 3.63) is 77.9 Å². The smallest absolute Gasteiger partial charge is 0.311 e. The molecule has 0 amide bonds. The summed E-state index contributed by atoms with van der Waals surface area (Å²) < 4.78 is 0. The zero-order chi connectivity index (χ0) is 19.4. The van der Waals surface area contributed by atoms with Crippen LogP contribution in [-0.2, 0) is 11.2 Å². The first-order chi connectivity index (χ1) is 12.9. The summed E-state index contributed by atoms with van der Waals surface area (Å²) >= 11 is 1.12. The molecule has 3 rings (SSSR count). The molecule has 5 nitrogen and oxygen atoms in total. The molecule has 6 heteroatoms. The molecule has 0 saturated heterocycles. The third-order valence-electron chi connectivity index (χ3n) is 4.13. The molecule has 0 bridgehead atoms. The number of carboxylic acid groups (broad SMARTS) is 1. The second-order valence-corrected chi connectivity index (χ2v) is 7.15. The van der Waals surface area contributed by atoms with Gasteiger partial charge in [-0.2, -0.15) is 0 Å². The Labute approximate surface area is 160 Å². The minimum absolute atomic E-state index is 0.0540. The lowest BCUT2D eigenvalue weighted by atomic mass is 9.92. The van der Waals surface area contributed by atoms with Crippen LogP contribution >= 0.6 is 11.8 Å². The average molecular weight is 382 g/mol. The Morgan fingerprint density at radius 2 is 1.48 bits per heavy atom. The van der Waals surface area contributed by atoms with Gasteiger partial charge in [-0.05, 0) is 41.8 Å². The highest BCUT2D eigenvalue weighted by Crippen LogP contribution is 2.41. The van der Waals surface area contributed by atoms with Crippen LogP contribution in [0.3, 0.4) is 0 Å². The van der Waals surface area contributed by atoms with Gasteiger partial charge < -0.3 is 20.4 Å². The highest BCUT2D eigenvalue weighted by molar-refractivity contribution is 7.99. The van der Waals surface area contributed by atoms with Crippen molar-refractivity contribution in [2.24, 2.45) is 0 Å². The number of carbonyl (C=O) groups is 1. The van der Waals surface area contributed by atoms with Crippen LogP contribution in [0.5, 0.6) is 17.2 Å². The van der Waals surface area contributed by atoms with Crippen molar-refractivity contribution in [3.8, 4) is 17.2 Å². The van der Waals surface area contributed by atoms with Crippen LogP contribution in [0.15, 0.2) is 76.5 Å². The van der Waals surface area contributed by atoms with Gasteiger partial charge in [-0.25, -0.2) is 0 Å². The van der Waals surface area contributed by atoms with E-state index in [0.29, 0.717) is 21.8 Å². The predicted octanol–water partition coefficient (Wildman–Crippen LogP) is 4.37. The van der Waals surface area contributed by atoms with Crippen LogP contribution < -0.4 is 0 Å². The molecule has 0 aliphatic rings. The monoisotopic (exact) mass is 382 g/mol. The van der Waals surface area contributed by atoms with Gasteiger partial charge in [-0.15, -0.1) is 0 Å². The van der Waals surface area contributed by atoms with E-state index in [0.717, 1.165) is 17.3 Å². The maximum absolute atomic E-state index is 11.7. The van der Waals surface area contributed by atoms with Gasteiger partial charge in [0.05, 0.1) is 15.7 Å². The Bertz CT molecular complexity index is 956. The minimum Gasteiger partial charge on any atom is -0.508 e. The molecule has 1 atom stereocenters. The number of rotatable bonds is 6. The normalized spacial score (nSPS) is 11.9. The van der Waals surface area contributed by atoms with Crippen LogP contribution in [0.4, 0.5) is 0 Å². The first kappa shape index (κ1) is 18.7. The van der Waals surface area contributed by atoms with E-state index in [1.807, 2.05) is 30.3 Å². The Kier molecular flexibility index (Phi) is 5.57. The molecule has 27 heavy (non-hydrogen) atoms. The van der Waals surface area contributed by atoms with Crippen molar-refractivity contribution in [2.45, 2.75) is 22.1 Å². The molecule has 1 unspecified atom stereocenters. The fourth-order valence-electron chi connectivity index (χ4n) is 2.75. The van der Waals surface area contributed by atoms with Gasteiger partial charge in [0.1, 0.15) is 17.2 Å². The highest BCUT2D eigenvalue weighted by atomic mass is 32.2. The van der Waals surface area contributed by atoms with E-state index in [1.165, 1.54) is 24.3 Å². The summed E-state index contributed by atoms with van der Waals surface area (Å²) in [6.45, 7) is 0. The quantitative estimate of drug-likeness (QED) is 0.505. The van der Waals surface area contributed by atoms with Crippen molar-refractivity contribution in [2.75, 3.05) is 0 Å². The van der Waals surface area contributed by atoms with Gasteiger partial charge in [0.25, 0.3) is 0 Å². The molecule has 0 fully saturated rings. The lowest BCUT2D eigenvalue weighted by Crippen LogP contribution is -2.14. The maximum atomic E-state index is 11.7. The average Bonchev–Trinajstić information content (AvgIpc) is 2.64. The van der Waals surface area contributed by atoms with E-state index >= 15 is 0 Å². The molecule has 0 heterocycles. The molecule has 4 N–H and O–H groups in total. The Balaban J connectivity index is 1.84. The fourth-order valence-corrected chi connectivity index (χ4v) is 3.58. The lowest BCUT2D eigenvalue weighted by Gasteiger charge is -2.15. The number of hydrogen-bond donors (Lipinski definition) is 4. The van der Waals surface area contributed by atoms with E-state index in [9.17, 15) is 25.2 Å². The summed E-state index contributed by atoms with van der Waals surface area (Å²) in [4.78, 5) is 12.7. The van der Waals surface area contributed by atoms with Gasteiger partial charge in [-0.3, -0.25) is 4.79 Å². The summed E-state index contributed by atoms with van der Waals surface area (Å²) in [5, 5.41) is 39.2. The highest BCUT2D eigenvalue weighted by Gasteiger charge is 2.22. The minimum atomic E-state index is -0.963. The molecule has 0 radical (unpaired) electrons. The third-order valence-corrected chi connectivity index (χ3v) is 5.26. The number of carboxylic acids is 1. The second kappa shape index (κ2) is 8.05. The second-order valence-electron chi connectivity index (χ2n) is 6.06. The van der Waals surface area contributed by atoms with Crippen LogP contribution in [0.1, 0.15) is 17.0 Å². The van der Waals surface area contributed by atoms with Crippen LogP contribution in [0.2, 0.25) is 0 Å². The number of phenols is 3. The van der Waals surface area contributed by atoms with E-state index in [1.54, 1.807) is 12.1 Å². The summed E-state index contributed by atoms with van der Waals surface area (Å²) in [7, 11) is 0. The van der Waals surface area contributed by atoms with E-state index < -0.39 is 11.9 Å². The van der Waals surface area contributed by atoms with Gasteiger partial charge in [0, 0.05) is 6.07 Å². The third kappa shape index (κ3) is 4.54. The topological polar surface area (TPSA) is 98.0 Å². The van der Waals surface area contributed by atoms with Crippen LogP contribution in [0, 0.1) is 0 Å². The standard InChI is InChI=1S/C21H18O5S/c22-15-7-9-20(18(24)12-15)27-19-8-6-14(11-17(19)23)16(21(25)26)10-13-4-2-1-3-5-13/h1-9,11-12,16,22-24H,10H2,(H,25,26). The Morgan fingerprint density at radius 3 is 2.07 bits per heavy atom. The molecule has 3 aromatic rings. The largest absolute Gasteiger partial charge is 0.508 e. The molecule has 0 aliphatic heterocycles. The summed E-state index contributed by atoms with van der Waals surface area (Å²) in [6.07, 6.45) is 0.320. The van der Waals surface area contributed by atoms with Crippen molar-refractivity contribution in [1.82, 2.24) is 0 Å². The zero-order valence-electron chi connectivity index (χ0n) is 14.2. The summed E-state index contributed by atoms with van der Waals surface area (Å²) in [6, 6.07) is 18.3. The van der Waals surface area contributed by atoms with Crippen molar-refractivity contribution in [3.63, 3.8) is 0 Å². The number of aliphatic carboxylic acids is 1. The number of phenolic OH excluding ortho intramolecular Hbond substituents is 3. The van der Waals surface area contributed by atoms with E-state index in [-0.39, 0.29) is 17.2 Å². The molecular weight excluding hydrogens is 364 g/mol. The van der Waals surface area contributed by atoms with Crippen LogP contribution in [-0.4, -0.2) is 26.4 Å². The number of benzene rings is 3. The van der Waals surface area contributed by atoms with Crippen molar-refractivity contribution in [1.29, 1.82) is 0 Å². The van der Waals surface area contributed by atoms with Gasteiger partial charge >= 0.3 is 5.97 Å². The molecule has 3 aromatic carbocycles. The Morgan fingerprint density at radius 1 is 0.852 bits per heavy atom. The van der Waals surface area contributed by atoms with Crippen molar-refractivity contribution >= 4 is 17.7 Å².